The van der Waals surface area contributed by atoms with Crippen LogP contribution in [-0.2, 0) is 18.8 Å². The van der Waals surface area contributed by atoms with Crippen LogP contribution in [0.15, 0.2) is 91.0 Å². The van der Waals surface area contributed by atoms with Gasteiger partial charge in [-0.25, -0.2) is 0 Å². The maximum Gasteiger partial charge on any atom is 0.350 e. The van der Waals surface area contributed by atoms with Crippen LogP contribution in [0.2, 0.25) is 0 Å². The fourth-order valence-electron chi connectivity index (χ4n) is 3.85. The van der Waals surface area contributed by atoms with Gasteiger partial charge in [0.2, 0.25) is 0 Å². The zero-order valence-electron chi connectivity index (χ0n) is 15.3. The number of hydrogen-bond donors (Lipinski definition) is 0. The summed E-state index contributed by atoms with van der Waals surface area (Å²) in [6, 6.07) is 29.7. The predicted molar refractivity (Wildman–Crippen MR) is 108 cm³/mol. The van der Waals surface area contributed by atoms with Crippen molar-refractivity contribution in [2.75, 3.05) is 6.61 Å². The molecule has 4 heteroatoms. The molecule has 1 fully saturated rings. The Morgan fingerprint density at radius 1 is 0.778 bits per heavy atom. The fraction of sp³-hybridized carbons (Fsp3) is 0.217. The van der Waals surface area contributed by atoms with E-state index in [9.17, 15) is 4.57 Å². The molecule has 0 N–H and O–H groups in total. The van der Waals surface area contributed by atoms with Gasteiger partial charge in [0, 0.05) is 0 Å². The van der Waals surface area contributed by atoms with E-state index in [0.29, 0.717) is 6.61 Å². The third-order valence-corrected chi connectivity index (χ3v) is 7.85. The van der Waals surface area contributed by atoms with E-state index in [-0.39, 0.29) is 6.10 Å². The molecule has 1 aliphatic heterocycles. The van der Waals surface area contributed by atoms with Crippen LogP contribution in [0, 0.1) is 0 Å². The first-order valence-corrected chi connectivity index (χ1v) is 10.8. The second-order valence-electron chi connectivity index (χ2n) is 6.84. The van der Waals surface area contributed by atoms with E-state index in [1.165, 1.54) is 0 Å². The zero-order valence-corrected chi connectivity index (χ0v) is 16.2. The summed E-state index contributed by atoms with van der Waals surface area (Å²) in [5.41, 5.74) is 2.71. The molecule has 3 aromatic rings. The summed E-state index contributed by atoms with van der Waals surface area (Å²) >= 11 is 0. The standard InChI is InChI=1S/C23H23O3P/c1-19-17-18-25-27(24,26-19)23(20-11-5-2-6-12-20,21-13-7-3-8-14-21)22-15-9-4-10-16-22/h2-16,19H,17-18H2,1H3. The summed E-state index contributed by atoms with van der Waals surface area (Å²) in [4.78, 5) is 0. The summed E-state index contributed by atoms with van der Waals surface area (Å²) in [6.07, 6.45) is 0.610. The zero-order chi connectivity index (χ0) is 18.7. The van der Waals surface area contributed by atoms with Crippen molar-refractivity contribution in [3.63, 3.8) is 0 Å². The predicted octanol–water partition coefficient (Wildman–Crippen LogP) is 6.00. The van der Waals surface area contributed by atoms with Gasteiger partial charge in [0.05, 0.1) is 12.7 Å². The molecule has 4 rings (SSSR count). The van der Waals surface area contributed by atoms with Crippen molar-refractivity contribution in [2.24, 2.45) is 0 Å². The van der Waals surface area contributed by atoms with Crippen LogP contribution in [0.25, 0.3) is 0 Å². The van der Waals surface area contributed by atoms with E-state index >= 15 is 0 Å². The van der Waals surface area contributed by atoms with Crippen LogP contribution in [0.1, 0.15) is 30.0 Å². The van der Waals surface area contributed by atoms with Crippen molar-refractivity contribution < 1.29 is 13.6 Å². The third kappa shape index (κ3) is 3.06. The van der Waals surface area contributed by atoms with Gasteiger partial charge in [0.1, 0.15) is 5.16 Å². The molecule has 27 heavy (non-hydrogen) atoms. The second kappa shape index (κ2) is 7.44. The molecule has 0 spiro atoms. The van der Waals surface area contributed by atoms with Gasteiger partial charge in [0.15, 0.2) is 0 Å². The van der Waals surface area contributed by atoms with E-state index in [0.717, 1.165) is 23.1 Å². The first-order chi connectivity index (χ1) is 13.2. The van der Waals surface area contributed by atoms with Gasteiger partial charge in [-0.1, -0.05) is 91.0 Å². The number of hydrogen-bond acceptors (Lipinski definition) is 3. The average molecular weight is 378 g/mol. The summed E-state index contributed by atoms with van der Waals surface area (Å²) < 4.78 is 26.6. The van der Waals surface area contributed by atoms with Crippen LogP contribution in [-0.4, -0.2) is 12.7 Å². The molecule has 2 unspecified atom stereocenters. The minimum atomic E-state index is -3.58. The molecule has 2 atom stereocenters. The van der Waals surface area contributed by atoms with Crippen LogP contribution in [0.5, 0.6) is 0 Å². The highest BCUT2D eigenvalue weighted by Gasteiger charge is 2.56. The molecule has 0 bridgehead atoms. The molecule has 0 amide bonds. The fourth-order valence-corrected chi connectivity index (χ4v) is 6.58. The molecule has 0 aromatic heterocycles. The molecular formula is C23H23O3P. The minimum absolute atomic E-state index is 0.125. The van der Waals surface area contributed by atoms with E-state index in [2.05, 4.69) is 0 Å². The summed E-state index contributed by atoms with van der Waals surface area (Å²) in [7, 11) is -3.58. The Bertz CT molecular complexity index is 829. The van der Waals surface area contributed by atoms with Crippen molar-refractivity contribution in [3.05, 3.63) is 108 Å². The third-order valence-electron chi connectivity index (χ3n) is 5.09. The topological polar surface area (TPSA) is 35.5 Å². The highest BCUT2D eigenvalue weighted by atomic mass is 31.2. The van der Waals surface area contributed by atoms with Crippen LogP contribution in [0.3, 0.4) is 0 Å². The van der Waals surface area contributed by atoms with Gasteiger partial charge in [-0.3, -0.25) is 4.57 Å². The molecule has 1 saturated heterocycles. The SMILES string of the molecule is CC1CCOP(=O)(C(c2ccccc2)(c2ccccc2)c2ccccc2)O1. The Balaban J connectivity index is 2.09. The molecule has 0 saturated carbocycles. The lowest BCUT2D eigenvalue weighted by Crippen LogP contribution is -2.35. The maximum absolute atomic E-state index is 14.4. The van der Waals surface area contributed by atoms with Gasteiger partial charge in [-0.15, -0.1) is 0 Å². The lowest BCUT2D eigenvalue weighted by atomic mass is 9.84. The summed E-state index contributed by atoms with van der Waals surface area (Å²) in [6.45, 7) is 2.38. The molecule has 0 aliphatic carbocycles. The van der Waals surface area contributed by atoms with E-state index in [1.807, 2.05) is 97.9 Å². The molecule has 1 aliphatic rings. The van der Waals surface area contributed by atoms with Gasteiger partial charge >= 0.3 is 7.60 Å². The van der Waals surface area contributed by atoms with Gasteiger partial charge < -0.3 is 9.05 Å². The molecule has 3 aromatic carbocycles. The van der Waals surface area contributed by atoms with Gasteiger partial charge in [-0.2, -0.15) is 0 Å². The smallest absolute Gasteiger partial charge is 0.307 e. The van der Waals surface area contributed by atoms with Crippen molar-refractivity contribution in [3.8, 4) is 0 Å². The second-order valence-corrected chi connectivity index (χ2v) is 8.98. The van der Waals surface area contributed by atoms with Crippen molar-refractivity contribution in [1.82, 2.24) is 0 Å². The number of rotatable bonds is 4. The minimum Gasteiger partial charge on any atom is -0.307 e. The van der Waals surface area contributed by atoms with Crippen molar-refractivity contribution in [1.29, 1.82) is 0 Å². The number of benzene rings is 3. The normalized spacial score (nSPS) is 23.1. The maximum atomic E-state index is 14.4. The highest BCUT2D eigenvalue weighted by molar-refractivity contribution is 7.55. The lowest BCUT2D eigenvalue weighted by Gasteiger charge is -2.43. The van der Waals surface area contributed by atoms with Gasteiger partial charge in [0.25, 0.3) is 0 Å². The summed E-state index contributed by atoms with van der Waals surface area (Å²) in [5.74, 6) is 0. The Morgan fingerprint density at radius 3 is 1.56 bits per heavy atom. The van der Waals surface area contributed by atoms with Gasteiger partial charge in [-0.05, 0) is 30.0 Å². The Morgan fingerprint density at radius 2 is 1.19 bits per heavy atom. The van der Waals surface area contributed by atoms with E-state index in [1.54, 1.807) is 0 Å². The summed E-state index contributed by atoms with van der Waals surface area (Å²) in [5, 5.41) is -1.02. The van der Waals surface area contributed by atoms with Crippen LogP contribution in [0.4, 0.5) is 0 Å². The van der Waals surface area contributed by atoms with E-state index < -0.39 is 12.8 Å². The first kappa shape index (κ1) is 18.2. The quantitative estimate of drug-likeness (QED) is 0.413. The van der Waals surface area contributed by atoms with Crippen molar-refractivity contribution in [2.45, 2.75) is 24.6 Å². The Hall–Kier alpha value is -2.19. The highest BCUT2D eigenvalue weighted by Crippen LogP contribution is 2.72. The largest absolute Gasteiger partial charge is 0.350 e. The molecular weight excluding hydrogens is 355 g/mol. The van der Waals surface area contributed by atoms with Crippen LogP contribution < -0.4 is 0 Å². The Kier molecular flexibility index (Phi) is 5.01. The van der Waals surface area contributed by atoms with Crippen LogP contribution >= 0.6 is 7.60 Å². The molecule has 3 nitrogen and oxygen atoms in total. The first-order valence-electron chi connectivity index (χ1n) is 9.26. The van der Waals surface area contributed by atoms with E-state index in [4.69, 9.17) is 9.05 Å². The lowest BCUT2D eigenvalue weighted by molar-refractivity contribution is 0.0844. The van der Waals surface area contributed by atoms with Crippen molar-refractivity contribution >= 4 is 7.60 Å². The Labute approximate surface area is 160 Å². The monoisotopic (exact) mass is 378 g/mol. The average Bonchev–Trinajstić information content (AvgIpc) is 2.71. The molecule has 138 valence electrons. The molecule has 1 heterocycles. The molecule has 0 radical (unpaired) electrons.